The number of hydrogen-bond acceptors (Lipinski definition) is 3. The fourth-order valence-corrected chi connectivity index (χ4v) is 3.28. The van der Waals surface area contributed by atoms with E-state index in [4.69, 9.17) is 47.0 Å². The van der Waals surface area contributed by atoms with Crippen molar-refractivity contribution in [2.45, 2.75) is 43.1 Å². The number of rotatable bonds is 5. The summed E-state index contributed by atoms with van der Waals surface area (Å²) in [5.74, 6) is -0.623. The Kier molecular flexibility index (Phi) is 8.76. The van der Waals surface area contributed by atoms with Gasteiger partial charge in [-0.1, -0.05) is 73.8 Å². The molecule has 32 heavy (non-hydrogen) atoms. The van der Waals surface area contributed by atoms with E-state index in [0.717, 1.165) is 5.56 Å². The van der Waals surface area contributed by atoms with E-state index >= 15 is 0 Å². The van der Waals surface area contributed by atoms with Gasteiger partial charge in [0, 0.05) is 23.9 Å². The van der Waals surface area contributed by atoms with Gasteiger partial charge in [-0.25, -0.2) is 0 Å². The minimum atomic E-state index is -1.88. The summed E-state index contributed by atoms with van der Waals surface area (Å²) in [4.78, 5) is 24.0. The van der Waals surface area contributed by atoms with Gasteiger partial charge in [-0.15, -0.1) is 0 Å². The molecule has 2 aromatic rings. The molecule has 172 valence electrons. The standard InChI is InChI=1S/C22H25Cl3N4O2S/c1-13(30)26-16-6-5-7-17(12-16)27-20(32)29-19(22(23,24)25)28-18(31)14-8-10-15(11-9-14)21(2,3)4/h5-12,19H,1-4H3,(H,26,30)(H,28,31)(H2,27,29,32). The van der Waals surface area contributed by atoms with Gasteiger partial charge in [0.2, 0.25) is 9.70 Å². The van der Waals surface area contributed by atoms with Crippen LogP contribution < -0.4 is 21.3 Å². The van der Waals surface area contributed by atoms with Crippen molar-refractivity contribution in [2.75, 3.05) is 10.6 Å². The first-order chi connectivity index (χ1) is 14.8. The number of halogens is 3. The molecule has 0 saturated heterocycles. The largest absolute Gasteiger partial charge is 0.339 e. The first kappa shape index (κ1) is 26.2. The molecule has 0 aliphatic carbocycles. The molecule has 0 spiro atoms. The van der Waals surface area contributed by atoms with E-state index in [1.54, 1.807) is 36.4 Å². The zero-order valence-corrected chi connectivity index (χ0v) is 21.1. The van der Waals surface area contributed by atoms with Crippen LogP contribution in [0.1, 0.15) is 43.6 Å². The van der Waals surface area contributed by atoms with Crippen molar-refractivity contribution in [2.24, 2.45) is 0 Å². The summed E-state index contributed by atoms with van der Waals surface area (Å²) in [5.41, 5.74) is 2.67. The summed E-state index contributed by atoms with van der Waals surface area (Å²) >= 11 is 23.5. The van der Waals surface area contributed by atoms with Crippen LogP contribution in [0.25, 0.3) is 0 Å². The fourth-order valence-electron chi connectivity index (χ4n) is 2.71. The van der Waals surface area contributed by atoms with Gasteiger partial charge >= 0.3 is 0 Å². The average molecular weight is 516 g/mol. The third-order valence-electron chi connectivity index (χ3n) is 4.33. The molecular weight excluding hydrogens is 491 g/mol. The van der Waals surface area contributed by atoms with Crippen molar-refractivity contribution >= 4 is 75.3 Å². The van der Waals surface area contributed by atoms with Crippen LogP contribution in [0.5, 0.6) is 0 Å². The van der Waals surface area contributed by atoms with Crippen LogP contribution in [0.2, 0.25) is 0 Å². The average Bonchev–Trinajstić information content (AvgIpc) is 2.65. The molecule has 0 fully saturated rings. The Hall–Kier alpha value is -2.06. The van der Waals surface area contributed by atoms with E-state index in [2.05, 4.69) is 42.0 Å². The number of amides is 2. The molecule has 2 rings (SSSR count). The van der Waals surface area contributed by atoms with Crippen molar-refractivity contribution in [3.63, 3.8) is 0 Å². The molecule has 0 bridgehead atoms. The highest BCUT2D eigenvalue weighted by Gasteiger charge is 2.35. The van der Waals surface area contributed by atoms with Crippen molar-refractivity contribution < 1.29 is 9.59 Å². The Bertz CT molecular complexity index is 986. The first-order valence-electron chi connectivity index (χ1n) is 9.69. The Morgan fingerprint density at radius 1 is 0.906 bits per heavy atom. The molecule has 0 aliphatic heterocycles. The quantitative estimate of drug-likeness (QED) is 0.245. The molecule has 10 heteroatoms. The monoisotopic (exact) mass is 514 g/mol. The third kappa shape index (κ3) is 8.13. The third-order valence-corrected chi connectivity index (χ3v) is 5.21. The molecule has 0 aliphatic rings. The van der Waals surface area contributed by atoms with Crippen LogP contribution in [0.15, 0.2) is 48.5 Å². The van der Waals surface area contributed by atoms with E-state index in [1.165, 1.54) is 6.92 Å². The highest BCUT2D eigenvalue weighted by Crippen LogP contribution is 2.29. The van der Waals surface area contributed by atoms with E-state index in [-0.39, 0.29) is 16.4 Å². The lowest BCUT2D eigenvalue weighted by Gasteiger charge is -2.28. The van der Waals surface area contributed by atoms with Crippen LogP contribution >= 0.6 is 47.0 Å². The summed E-state index contributed by atoms with van der Waals surface area (Å²) in [6.07, 6.45) is -1.11. The van der Waals surface area contributed by atoms with Gasteiger partial charge in [0.1, 0.15) is 6.17 Å². The smallest absolute Gasteiger partial charge is 0.252 e. The van der Waals surface area contributed by atoms with Crippen LogP contribution in [-0.2, 0) is 10.2 Å². The summed E-state index contributed by atoms with van der Waals surface area (Å²) in [6.45, 7) is 7.68. The molecule has 0 heterocycles. The molecule has 4 N–H and O–H groups in total. The van der Waals surface area contributed by atoms with Crippen molar-refractivity contribution in [3.8, 4) is 0 Å². The predicted octanol–water partition coefficient (Wildman–Crippen LogP) is 5.36. The predicted molar refractivity (Wildman–Crippen MR) is 137 cm³/mol. The molecule has 6 nitrogen and oxygen atoms in total. The lowest BCUT2D eigenvalue weighted by atomic mass is 9.87. The van der Waals surface area contributed by atoms with Gasteiger partial charge in [-0.3, -0.25) is 9.59 Å². The van der Waals surface area contributed by atoms with Crippen molar-refractivity contribution in [1.29, 1.82) is 0 Å². The van der Waals surface area contributed by atoms with E-state index in [9.17, 15) is 9.59 Å². The van der Waals surface area contributed by atoms with Crippen molar-refractivity contribution in [3.05, 3.63) is 59.7 Å². The molecule has 1 atom stereocenters. The minimum absolute atomic E-state index is 0.0359. The van der Waals surface area contributed by atoms with E-state index in [1.807, 2.05) is 12.1 Å². The summed E-state index contributed by atoms with van der Waals surface area (Å²) in [5, 5.41) is 11.2. The van der Waals surface area contributed by atoms with Crippen LogP contribution in [0, 0.1) is 0 Å². The van der Waals surface area contributed by atoms with Crippen LogP contribution in [-0.4, -0.2) is 26.9 Å². The second kappa shape index (κ2) is 10.7. The van der Waals surface area contributed by atoms with Gasteiger partial charge in [0.05, 0.1) is 0 Å². The normalized spacial score (nSPS) is 12.5. The molecular formula is C22H25Cl3N4O2S. The van der Waals surface area contributed by atoms with Crippen molar-refractivity contribution in [1.82, 2.24) is 10.6 Å². The van der Waals surface area contributed by atoms with Crippen LogP contribution in [0.4, 0.5) is 11.4 Å². The second-order valence-electron chi connectivity index (χ2n) is 8.14. The number of hydrogen-bond donors (Lipinski definition) is 4. The van der Waals surface area contributed by atoms with Gasteiger partial charge in [-0.2, -0.15) is 0 Å². The lowest BCUT2D eigenvalue weighted by Crippen LogP contribution is -2.56. The Morgan fingerprint density at radius 3 is 1.97 bits per heavy atom. The van der Waals surface area contributed by atoms with Crippen LogP contribution in [0.3, 0.4) is 0 Å². The summed E-state index contributed by atoms with van der Waals surface area (Å²) < 4.78 is -1.88. The first-order valence-corrected chi connectivity index (χ1v) is 11.2. The number of benzene rings is 2. The van der Waals surface area contributed by atoms with Gasteiger partial charge < -0.3 is 21.3 Å². The fraction of sp³-hybridized carbons (Fsp3) is 0.318. The number of nitrogens with one attached hydrogen (secondary N) is 4. The molecule has 2 aromatic carbocycles. The lowest BCUT2D eigenvalue weighted by molar-refractivity contribution is -0.114. The molecule has 1 unspecified atom stereocenters. The maximum Gasteiger partial charge on any atom is 0.252 e. The number of anilines is 2. The zero-order chi connectivity index (χ0) is 24.1. The topological polar surface area (TPSA) is 82.3 Å². The summed E-state index contributed by atoms with van der Waals surface area (Å²) in [7, 11) is 0. The molecule has 2 amide bonds. The second-order valence-corrected chi connectivity index (χ2v) is 10.9. The minimum Gasteiger partial charge on any atom is -0.339 e. The van der Waals surface area contributed by atoms with Gasteiger partial charge in [0.15, 0.2) is 5.11 Å². The van der Waals surface area contributed by atoms with E-state index < -0.39 is 15.9 Å². The summed E-state index contributed by atoms with van der Waals surface area (Å²) in [6, 6.07) is 14.1. The van der Waals surface area contributed by atoms with E-state index in [0.29, 0.717) is 16.9 Å². The Balaban J connectivity index is 2.08. The molecule has 0 saturated carbocycles. The SMILES string of the molecule is CC(=O)Nc1cccc(NC(=S)NC(NC(=O)c2ccc(C(C)(C)C)cc2)C(Cl)(Cl)Cl)c1. The molecule has 0 radical (unpaired) electrons. The Labute approximate surface area is 208 Å². The van der Waals surface area contributed by atoms with Gasteiger partial charge in [-0.05, 0) is 53.5 Å². The zero-order valence-electron chi connectivity index (χ0n) is 18.1. The maximum atomic E-state index is 12.7. The molecule has 0 aromatic heterocycles. The highest BCUT2D eigenvalue weighted by atomic mass is 35.6. The number of alkyl halides is 3. The Morgan fingerprint density at radius 2 is 1.47 bits per heavy atom. The number of carbonyl (C=O) groups is 2. The number of thiocarbonyl (C=S) groups is 1. The van der Waals surface area contributed by atoms with Gasteiger partial charge in [0.25, 0.3) is 5.91 Å². The number of carbonyl (C=O) groups excluding carboxylic acids is 2. The highest BCUT2D eigenvalue weighted by molar-refractivity contribution is 7.80. The maximum absolute atomic E-state index is 12.7.